The van der Waals surface area contributed by atoms with Gasteiger partial charge in [0, 0.05) is 37.2 Å². The highest BCUT2D eigenvalue weighted by atomic mass is 19.1. The average Bonchev–Trinajstić information content (AvgIpc) is 2.74. The average molecular weight is 500 g/mol. The maximum atomic E-state index is 13.7. The Morgan fingerprint density at radius 1 is 1.31 bits per heavy atom. The number of aliphatic hydroxyl groups is 1. The number of carbonyl (C=O) groups excluding carboxylic acids is 1. The molecule has 1 aliphatic heterocycles. The summed E-state index contributed by atoms with van der Waals surface area (Å²) in [5.74, 6) is -0.259. The van der Waals surface area contributed by atoms with E-state index in [0.717, 1.165) is 30.5 Å². The minimum Gasteiger partial charge on any atom is -0.481 e. The number of ether oxygens (including phenoxy) is 1. The number of aromatic amines is 1. The van der Waals surface area contributed by atoms with Gasteiger partial charge in [-0.1, -0.05) is 32.9 Å². The molecule has 1 fully saturated rings. The van der Waals surface area contributed by atoms with Crippen LogP contribution in [0.4, 0.5) is 4.39 Å². The van der Waals surface area contributed by atoms with Crippen molar-refractivity contribution in [2.24, 2.45) is 5.41 Å². The predicted molar refractivity (Wildman–Crippen MR) is 137 cm³/mol. The lowest BCUT2D eigenvalue weighted by Crippen LogP contribution is -2.53. The van der Waals surface area contributed by atoms with E-state index in [1.165, 1.54) is 19.1 Å². The van der Waals surface area contributed by atoms with Gasteiger partial charge in [-0.2, -0.15) is 0 Å². The summed E-state index contributed by atoms with van der Waals surface area (Å²) in [4.78, 5) is 27.8. The van der Waals surface area contributed by atoms with Crippen LogP contribution < -0.4 is 20.9 Å². The molecule has 1 aliphatic carbocycles. The molecule has 7 nitrogen and oxygen atoms in total. The number of hydrogen-bond donors (Lipinski definition) is 4. The first-order valence-electron chi connectivity index (χ1n) is 12.8. The molecular weight excluding hydrogens is 461 g/mol. The van der Waals surface area contributed by atoms with Crippen molar-refractivity contribution in [3.05, 3.63) is 63.3 Å². The summed E-state index contributed by atoms with van der Waals surface area (Å²) in [5.41, 5.74) is 1.79. The van der Waals surface area contributed by atoms with Gasteiger partial charge in [-0.05, 0) is 61.3 Å². The summed E-state index contributed by atoms with van der Waals surface area (Å²) >= 11 is 0. The van der Waals surface area contributed by atoms with Crippen molar-refractivity contribution in [1.29, 1.82) is 0 Å². The standard InChI is InChI=1S/C28H38FN3O4/c1-17(33)31-22(12-18-7-5-8-19(29)11-18)24(34)16-30-23-15-28(9-6-10-28)36-25-21(23)13-20(32-26(25)35)14-27(2,3)4/h5,7-8,11,13,22-24,30,34H,6,9-10,12,14-16H2,1-4H3,(H,31,33)(H,32,35)/t22-,23-,24+/m0/s1. The van der Waals surface area contributed by atoms with Crippen LogP contribution in [0.3, 0.4) is 0 Å². The number of rotatable bonds is 8. The molecule has 36 heavy (non-hydrogen) atoms. The van der Waals surface area contributed by atoms with Gasteiger partial charge < -0.3 is 25.5 Å². The lowest BCUT2D eigenvalue weighted by Gasteiger charge is -2.48. The van der Waals surface area contributed by atoms with Crippen LogP contribution >= 0.6 is 0 Å². The van der Waals surface area contributed by atoms with E-state index in [9.17, 15) is 19.1 Å². The number of aliphatic hydroxyl groups excluding tert-OH is 1. The SMILES string of the molecule is CC(=O)N[C@@H](Cc1cccc(F)c1)[C@H](O)CN[C@H]1CC2(CCC2)Oc2c1cc(CC(C)(C)C)[nH]c2=O. The highest BCUT2D eigenvalue weighted by Crippen LogP contribution is 2.47. The van der Waals surface area contributed by atoms with Gasteiger partial charge in [0.1, 0.15) is 11.4 Å². The van der Waals surface area contributed by atoms with Gasteiger partial charge in [0.05, 0.1) is 12.1 Å². The largest absolute Gasteiger partial charge is 0.481 e. The van der Waals surface area contributed by atoms with Gasteiger partial charge in [-0.15, -0.1) is 0 Å². The van der Waals surface area contributed by atoms with E-state index in [1.807, 2.05) is 6.07 Å². The number of fused-ring (bicyclic) bond motifs is 1. The van der Waals surface area contributed by atoms with E-state index in [4.69, 9.17) is 4.74 Å². The lowest BCUT2D eigenvalue weighted by atomic mass is 9.73. The number of benzene rings is 1. The Labute approximate surface area is 211 Å². The molecule has 1 aromatic carbocycles. The summed E-state index contributed by atoms with van der Waals surface area (Å²) in [6.45, 7) is 7.96. The first-order valence-corrected chi connectivity index (χ1v) is 12.8. The maximum Gasteiger partial charge on any atom is 0.290 e. The molecule has 1 amide bonds. The Kier molecular flexibility index (Phi) is 7.57. The van der Waals surface area contributed by atoms with E-state index in [0.29, 0.717) is 30.6 Å². The second-order valence-electron chi connectivity index (χ2n) is 11.7. The fourth-order valence-electron chi connectivity index (χ4n) is 5.32. The second kappa shape index (κ2) is 10.3. The van der Waals surface area contributed by atoms with Crippen molar-refractivity contribution in [3.63, 3.8) is 0 Å². The molecule has 1 aromatic heterocycles. The summed E-state index contributed by atoms with van der Waals surface area (Å²) in [5, 5.41) is 17.3. The molecular formula is C28H38FN3O4. The van der Waals surface area contributed by atoms with Crippen LogP contribution in [0.5, 0.6) is 5.75 Å². The minimum absolute atomic E-state index is 0.00348. The number of amides is 1. The predicted octanol–water partition coefficient (Wildman–Crippen LogP) is 3.55. The fraction of sp³-hybridized carbons (Fsp3) is 0.571. The molecule has 8 heteroatoms. The van der Waals surface area contributed by atoms with Gasteiger partial charge in [0.25, 0.3) is 5.56 Å². The van der Waals surface area contributed by atoms with Crippen molar-refractivity contribution in [2.75, 3.05) is 6.54 Å². The topological polar surface area (TPSA) is 103 Å². The van der Waals surface area contributed by atoms with Crippen LogP contribution in [0.25, 0.3) is 0 Å². The van der Waals surface area contributed by atoms with E-state index >= 15 is 0 Å². The van der Waals surface area contributed by atoms with Crippen LogP contribution in [-0.4, -0.2) is 40.3 Å². The monoisotopic (exact) mass is 499 g/mol. The molecule has 4 rings (SSSR count). The molecule has 2 heterocycles. The fourth-order valence-corrected chi connectivity index (χ4v) is 5.32. The van der Waals surface area contributed by atoms with Crippen LogP contribution in [0.15, 0.2) is 35.1 Å². The van der Waals surface area contributed by atoms with Crippen molar-refractivity contribution < 1.29 is 19.0 Å². The van der Waals surface area contributed by atoms with E-state index < -0.39 is 12.1 Å². The molecule has 1 spiro atoms. The zero-order valence-corrected chi connectivity index (χ0v) is 21.6. The van der Waals surface area contributed by atoms with Gasteiger partial charge in [-0.25, -0.2) is 4.39 Å². The quantitative estimate of drug-likeness (QED) is 0.445. The lowest BCUT2D eigenvalue weighted by molar-refractivity contribution is -0.120. The number of hydrogen-bond acceptors (Lipinski definition) is 5. The summed E-state index contributed by atoms with van der Waals surface area (Å²) < 4.78 is 20.0. The summed E-state index contributed by atoms with van der Waals surface area (Å²) in [7, 11) is 0. The van der Waals surface area contributed by atoms with Crippen LogP contribution in [0.2, 0.25) is 0 Å². The Hall–Kier alpha value is -2.71. The number of nitrogens with one attached hydrogen (secondary N) is 3. The molecule has 2 aromatic rings. The van der Waals surface area contributed by atoms with E-state index in [2.05, 4.69) is 36.4 Å². The van der Waals surface area contributed by atoms with Crippen molar-refractivity contribution >= 4 is 5.91 Å². The Bertz CT molecular complexity index is 1150. The van der Waals surface area contributed by atoms with Crippen molar-refractivity contribution in [1.82, 2.24) is 15.6 Å². The molecule has 4 N–H and O–H groups in total. The third-order valence-corrected chi connectivity index (χ3v) is 7.10. The molecule has 0 unspecified atom stereocenters. The van der Waals surface area contributed by atoms with E-state index in [-0.39, 0.29) is 40.9 Å². The highest BCUT2D eigenvalue weighted by molar-refractivity contribution is 5.73. The minimum atomic E-state index is -0.920. The molecule has 0 bridgehead atoms. The number of halogens is 1. The molecule has 3 atom stereocenters. The molecule has 0 saturated heterocycles. The van der Waals surface area contributed by atoms with Crippen LogP contribution in [0.1, 0.15) is 76.2 Å². The number of aromatic nitrogens is 1. The summed E-state index contributed by atoms with van der Waals surface area (Å²) in [6, 6.07) is 7.41. The van der Waals surface area contributed by atoms with Crippen LogP contribution in [-0.2, 0) is 17.6 Å². The van der Waals surface area contributed by atoms with E-state index in [1.54, 1.807) is 12.1 Å². The van der Waals surface area contributed by atoms with Crippen molar-refractivity contribution in [2.45, 2.75) is 90.0 Å². The molecule has 1 saturated carbocycles. The third-order valence-electron chi connectivity index (χ3n) is 7.10. The first-order chi connectivity index (χ1) is 16.9. The van der Waals surface area contributed by atoms with Gasteiger partial charge >= 0.3 is 0 Å². The smallest absolute Gasteiger partial charge is 0.290 e. The number of pyridine rings is 1. The first kappa shape index (κ1) is 26.4. The Morgan fingerprint density at radius 2 is 2.06 bits per heavy atom. The Morgan fingerprint density at radius 3 is 2.67 bits per heavy atom. The molecule has 196 valence electrons. The van der Waals surface area contributed by atoms with Gasteiger partial charge in [0.15, 0.2) is 5.75 Å². The molecule has 2 aliphatic rings. The van der Waals surface area contributed by atoms with Crippen LogP contribution in [0, 0.1) is 11.2 Å². The Balaban J connectivity index is 1.54. The zero-order valence-electron chi connectivity index (χ0n) is 21.6. The second-order valence-corrected chi connectivity index (χ2v) is 11.7. The maximum absolute atomic E-state index is 13.7. The van der Waals surface area contributed by atoms with Gasteiger partial charge in [0.2, 0.25) is 5.91 Å². The van der Waals surface area contributed by atoms with Crippen molar-refractivity contribution in [3.8, 4) is 5.75 Å². The normalized spacial score (nSPS) is 20.1. The number of carbonyl (C=O) groups is 1. The molecule has 0 radical (unpaired) electrons. The zero-order chi connectivity index (χ0) is 26.1. The third kappa shape index (κ3) is 6.34. The van der Waals surface area contributed by atoms with Gasteiger partial charge in [-0.3, -0.25) is 9.59 Å². The number of H-pyrrole nitrogens is 1. The summed E-state index contributed by atoms with van der Waals surface area (Å²) in [6.07, 6.45) is 3.65. The highest BCUT2D eigenvalue weighted by Gasteiger charge is 2.46.